The second kappa shape index (κ2) is 7.96. The summed E-state index contributed by atoms with van der Waals surface area (Å²) < 4.78 is 0. The Kier molecular flexibility index (Phi) is 5.63. The highest BCUT2D eigenvalue weighted by Gasteiger charge is 2.64. The van der Waals surface area contributed by atoms with Crippen LogP contribution in [0.3, 0.4) is 0 Å². The number of aliphatic hydroxyl groups excluding tert-OH is 2. The van der Waals surface area contributed by atoms with Gasteiger partial charge in [0.05, 0.1) is 17.8 Å². The van der Waals surface area contributed by atoms with E-state index in [9.17, 15) is 15.3 Å². The van der Waals surface area contributed by atoms with Gasteiger partial charge >= 0.3 is 0 Å². The smallest absolute Gasteiger partial charge is 0.0883 e. The predicted octanol–water partition coefficient (Wildman–Crippen LogP) is 5.62. The molecule has 0 unspecified atom stereocenters. The van der Waals surface area contributed by atoms with Crippen molar-refractivity contribution in [2.24, 2.45) is 28.6 Å². The second-order valence-electron chi connectivity index (χ2n) is 12.1. The maximum Gasteiger partial charge on any atom is 0.0883 e. The van der Waals surface area contributed by atoms with Crippen molar-refractivity contribution in [3.8, 4) is 0 Å². The van der Waals surface area contributed by atoms with Gasteiger partial charge in [-0.3, -0.25) is 0 Å². The summed E-state index contributed by atoms with van der Waals surface area (Å²) in [6.07, 6.45) is 19.6. The molecule has 0 aromatic rings. The average Bonchev–Trinajstić information content (AvgIpc) is 3.51. The Labute approximate surface area is 194 Å². The Morgan fingerprint density at radius 2 is 1.81 bits per heavy atom. The quantitative estimate of drug-likeness (QED) is 0.499. The lowest BCUT2D eigenvalue weighted by atomic mass is 9.60. The molecule has 0 saturated heterocycles. The summed E-state index contributed by atoms with van der Waals surface area (Å²) in [6.45, 7) is 8.94. The SMILES string of the molecule is C=C1/C(=C\C=C2/CCC[C@]3(C)[C@@H]([C@H](C)/C=C/[C@@]4(O)CCC45CC5)CC[C@@H]23)C[C@@H](O)C[C@@H]1O. The van der Waals surface area contributed by atoms with Gasteiger partial charge in [-0.15, -0.1) is 0 Å². The Morgan fingerprint density at radius 3 is 2.50 bits per heavy atom. The average molecular weight is 439 g/mol. The highest BCUT2D eigenvalue weighted by atomic mass is 16.3. The largest absolute Gasteiger partial charge is 0.393 e. The molecule has 0 aromatic heterocycles. The first-order valence-corrected chi connectivity index (χ1v) is 13.0. The van der Waals surface area contributed by atoms with Gasteiger partial charge in [0.15, 0.2) is 0 Å². The lowest BCUT2D eigenvalue weighted by molar-refractivity contribution is -0.0697. The third kappa shape index (κ3) is 3.60. The molecule has 5 aliphatic rings. The van der Waals surface area contributed by atoms with Crippen molar-refractivity contribution in [3.63, 3.8) is 0 Å². The Hall–Kier alpha value is -1.16. The first kappa shape index (κ1) is 22.6. The second-order valence-corrected chi connectivity index (χ2v) is 12.1. The van der Waals surface area contributed by atoms with Crippen molar-refractivity contribution in [1.29, 1.82) is 0 Å². The highest BCUT2D eigenvalue weighted by Crippen LogP contribution is 2.67. The minimum absolute atomic E-state index is 0.240. The van der Waals surface area contributed by atoms with Gasteiger partial charge in [0, 0.05) is 11.8 Å². The molecule has 5 fully saturated rings. The molecule has 5 aliphatic carbocycles. The Bertz CT molecular complexity index is 862. The van der Waals surface area contributed by atoms with E-state index in [2.05, 4.69) is 44.7 Å². The van der Waals surface area contributed by atoms with Gasteiger partial charge in [-0.1, -0.05) is 50.3 Å². The molecule has 0 amide bonds. The minimum atomic E-state index is -0.621. The van der Waals surface area contributed by atoms with E-state index in [1.165, 1.54) is 44.9 Å². The molecule has 7 atom stereocenters. The minimum Gasteiger partial charge on any atom is -0.393 e. The zero-order valence-corrected chi connectivity index (χ0v) is 20.0. The van der Waals surface area contributed by atoms with Crippen LogP contribution < -0.4 is 0 Å². The molecule has 5 rings (SSSR count). The van der Waals surface area contributed by atoms with E-state index in [-0.39, 0.29) is 5.41 Å². The van der Waals surface area contributed by atoms with Crippen molar-refractivity contribution in [1.82, 2.24) is 0 Å². The predicted molar refractivity (Wildman–Crippen MR) is 129 cm³/mol. The fraction of sp³-hybridized carbons (Fsp3) is 0.724. The number of fused-ring (bicyclic) bond motifs is 1. The Balaban J connectivity index is 1.31. The van der Waals surface area contributed by atoms with Crippen LogP contribution in [0, 0.1) is 28.6 Å². The van der Waals surface area contributed by atoms with Gasteiger partial charge in [-0.05, 0) is 98.5 Å². The molecule has 3 N–H and O–H groups in total. The molecule has 32 heavy (non-hydrogen) atoms. The lowest BCUT2D eigenvalue weighted by Gasteiger charge is -2.46. The summed E-state index contributed by atoms with van der Waals surface area (Å²) in [6, 6.07) is 0. The van der Waals surface area contributed by atoms with Crippen molar-refractivity contribution in [3.05, 3.63) is 47.6 Å². The van der Waals surface area contributed by atoms with Crippen molar-refractivity contribution in [2.45, 2.75) is 102 Å². The number of allylic oxidation sites excluding steroid dienone is 4. The van der Waals surface area contributed by atoms with Crippen LogP contribution in [-0.2, 0) is 0 Å². The van der Waals surface area contributed by atoms with Crippen LogP contribution in [0.15, 0.2) is 47.6 Å². The molecular formula is C29H42O3. The van der Waals surface area contributed by atoms with Gasteiger partial charge in [-0.2, -0.15) is 0 Å². The van der Waals surface area contributed by atoms with E-state index < -0.39 is 17.8 Å². The molecule has 3 nitrogen and oxygen atoms in total. The van der Waals surface area contributed by atoms with Crippen LogP contribution in [-0.4, -0.2) is 33.1 Å². The topological polar surface area (TPSA) is 60.7 Å². The summed E-state index contributed by atoms with van der Waals surface area (Å²) in [7, 11) is 0. The third-order valence-electron chi connectivity index (χ3n) is 10.4. The van der Waals surface area contributed by atoms with Crippen LogP contribution in [0.1, 0.15) is 84.5 Å². The summed E-state index contributed by atoms with van der Waals surface area (Å²) in [4.78, 5) is 0. The zero-order valence-electron chi connectivity index (χ0n) is 20.0. The van der Waals surface area contributed by atoms with Gasteiger partial charge in [-0.25, -0.2) is 0 Å². The number of aliphatic hydroxyl groups is 3. The third-order valence-corrected chi connectivity index (χ3v) is 10.4. The fourth-order valence-corrected chi connectivity index (χ4v) is 7.88. The molecule has 0 heterocycles. The van der Waals surface area contributed by atoms with Crippen molar-refractivity contribution < 1.29 is 15.3 Å². The monoisotopic (exact) mass is 438 g/mol. The zero-order chi connectivity index (χ0) is 22.7. The summed E-state index contributed by atoms with van der Waals surface area (Å²) in [5.41, 5.74) is 3.35. The van der Waals surface area contributed by atoms with Gasteiger partial charge in [0.1, 0.15) is 0 Å². The molecule has 3 heteroatoms. The molecular weight excluding hydrogens is 396 g/mol. The van der Waals surface area contributed by atoms with Gasteiger partial charge < -0.3 is 15.3 Å². The number of rotatable bonds is 4. The summed E-state index contributed by atoms with van der Waals surface area (Å²) >= 11 is 0. The van der Waals surface area contributed by atoms with Crippen molar-refractivity contribution in [2.75, 3.05) is 0 Å². The van der Waals surface area contributed by atoms with Crippen molar-refractivity contribution >= 4 is 0 Å². The van der Waals surface area contributed by atoms with Crippen LogP contribution in [0.2, 0.25) is 0 Å². The molecule has 0 aromatic carbocycles. The van der Waals surface area contributed by atoms with Crippen LogP contribution in [0.25, 0.3) is 0 Å². The van der Waals surface area contributed by atoms with Gasteiger partial charge in [0.2, 0.25) is 0 Å². The molecule has 1 spiro atoms. The summed E-state index contributed by atoms with van der Waals surface area (Å²) in [5, 5.41) is 31.3. The van der Waals surface area contributed by atoms with E-state index in [1.54, 1.807) is 5.57 Å². The molecule has 176 valence electrons. The molecule has 0 radical (unpaired) electrons. The fourth-order valence-electron chi connectivity index (χ4n) is 7.88. The Morgan fingerprint density at radius 1 is 1.06 bits per heavy atom. The maximum absolute atomic E-state index is 11.0. The molecule has 5 saturated carbocycles. The molecule has 0 aliphatic heterocycles. The van der Waals surface area contributed by atoms with E-state index in [1.807, 2.05) is 0 Å². The van der Waals surface area contributed by atoms with E-state index in [0.29, 0.717) is 36.0 Å². The summed E-state index contributed by atoms with van der Waals surface area (Å²) in [5.74, 6) is 1.76. The number of hydrogen-bond acceptors (Lipinski definition) is 3. The van der Waals surface area contributed by atoms with Crippen LogP contribution in [0.4, 0.5) is 0 Å². The maximum atomic E-state index is 11.0. The normalized spacial score (nSPS) is 46.6. The van der Waals surface area contributed by atoms with E-state index in [4.69, 9.17) is 0 Å². The van der Waals surface area contributed by atoms with E-state index >= 15 is 0 Å². The first-order chi connectivity index (χ1) is 15.2. The standard InChI is InChI=1S/C29H42O3/c1-19(10-12-29(32)16-15-28(29)13-14-28)24-8-9-25-21(5-4-11-27(24,25)3)6-7-22-17-23(30)18-26(31)20(22)2/h6-7,10,12,19,23-26,30-32H,2,4-5,8-9,11,13-18H2,1,3H3/b12-10+,21-6+,22-7-/t19-,23-,24-,25+,26+,27-,29-/m1/s1. The highest BCUT2D eigenvalue weighted by molar-refractivity contribution is 5.38. The van der Waals surface area contributed by atoms with Crippen LogP contribution >= 0.6 is 0 Å². The van der Waals surface area contributed by atoms with Crippen LogP contribution in [0.5, 0.6) is 0 Å². The lowest BCUT2D eigenvalue weighted by Crippen LogP contribution is -2.47. The van der Waals surface area contributed by atoms with Gasteiger partial charge in [0.25, 0.3) is 0 Å². The van der Waals surface area contributed by atoms with E-state index in [0.717, 1.165) is 24.0 Å². The number of hydrogen-bond donors (Lipinski definition) is 3. The molecule has 0 bridgehead atoms. The first-order valence-electron chi connectivity index (χ1n) is 13.0.